The zero-order valence-electron chi connectivity index (χ0n) is 23.8. The van der Waals surface area contributed by atoms with Crippen LogP contribution in [-0.4, -0.2) is 73.6 Å². The van der Waals surface area contributed by atoms with Gasteiger partial charge in [0.2, 0.25) is 5.91 Å². The fraction of sp³-hybridized carbons (Fsp3) is 0.548. The Balaban J connectivity index is 1.91. The molecule has 2 aromatic rings. The highest BCUT2D eigenvalue weighted by atomic mass is 19.1. The highest BCUT2D eigenvalue weighted by Gasteiger charge is 2.43. The number of nitrogens with zero attached hydrogens (tertiary/aromatic N) is 1. The number of likely N-dealkylation sites (tertiary alicyclic amines) is 1. The van der Waals surface area contributed by atoms with Crippen molar-refractivity contribution >= 4 is 12.0 Å². The molecule has 8 nitrogen and oxygen atoms in total. The summed E-state index contributed by atoms with van der Waals surface area (Å²) in [4.78, 5) is 26.5. The third kappa shape index (κ3) is 8.25. The maximum atomic E-state index is 15.6. The molecule has 1 fully saturated rings. The summed E-state index contributed by atoms with van der Waals surface area (Å²) in [5.74, 6) is -0.693. The van der Waals surface area contributed by atoms with E-state index in [-0.39, 0.29) is 24.9 Å². The smallest absolute Gasteiger partial charge is 0.406 e. The van der Waals surface area contributed by atoms with Crippen molar-refractivity contribution in [2.45, 2.75) is 57.5 Å². The van der Waals surface area contributed by atoms with Gasteiger partial charge in [-0.2, -0.15) is 0 Å². The molecule has 2 aromatic carbocycles. The first-order valence-corrected chi connectivity index (χ1v) is 14.4. The second-order valence-electron chi connectivity index (χ2n) is 10.4. The summed E-state index contributed by atoms with van der Waals surface area (Å²) >= 11 is 0. The molecule has 0 spiro atoms. The van der Waals surface area contributed by atoms with Crippen LogP contribution in [0.5, 0.6) is 0 Å². The first kappa shape index (κ1) is 31.5. The number of alkyl carbamates (subject to hydrolysis) is 1. The lowest BCUT2D eigenvalue weighted by Gasteiger charge is -2.43. The molecular weight excluding hydrogens is 513 g/mol. The molecule has 0 unspecified atom stereocenters. The standard InChI is InChI=1S/C31H44FN3O5/c1-3-23-9-4-10-24(21-23)29-26(12-5-13-27(29)32)31(39,15-8-17-34-30(38)40-2)25-11-7-19-35(22-25)28(37)14-6-16-33-18-20-36/h4-5,9-10,12-13,21,25,33,36,39H,3,6-8,11,14-20,22H2,1-2H3,(H,34,38)/t25-,31+/m1/s1. The van der Waals surface area contributed by atoms with Gasteiger partial charge in [-0.3, -0.25) is 4.79 Å². The fourth-order valence-corrected chi connectivity index (χ4v) is 5.62. The highest BCUT2D eigenvalue weighted by molar-refractivity contribution is 5.76. The van der Waals surface area contributed by atoms with E-state index < -0.39 is 17.5 Å². The van der Waals surface area contributed by atoms with Crippen molar-refractivity contribution in [2.24, 2.45) is 5.92 Å². The predicted octanol–water partition coefficient (Wildman–Crippen LogP) is 3.98. The van der Waals surface area contributed by atoms with E-state index >= 15 is 4.39 Å². The van der Waals surface area contributed by atoms with E-state index in [1.165, 1.54) is 13.2 Å². The van der Waals surface area contributed by atoms with Crippen LogP contribution in [0.1, 0.15) is 56.6 Å². The minimum absolute atomic E-state index is 0.0281. The average molecular weight is 558 g/mol. The predicted molar refractivity (Wildman–Crippen MR) is 153 cm³/mol. The molecule has 0 aromatic heterocycles. The van der Waals surface area contributed by atoms with Gasteiger partial charge in [-0.15, -0.1) is 0 Å². The Hall–Kier alpha value is -3.01. The van der Waals surface area contributed by atoms with E-state index in [0.717, 1.165) is 18.4 Å². The summed E-state index contributed by atoms with van der Waals surface area (Å²) < 4.78 is 20.2. The Morgan fingerprint density at radius 2 is 1.95 bits per heavy atom. The number of carbonyl (C=O) groups is 2. The number of methoxy groups -OCH3 is 1. The van der Waals surface area contributed by atoms with Crippen LogP contribution >= 0.6 is 0 Å². The molecule has 1 heterocycles. The summed E-state index contributed by atoms with van der Waals surface area (Å²) in [7, 11) is 1.30. The summed E-state index contributed by atoms with van der Waals surface area (Å²) in [5.41, 5.74) is 1.23. The van der Waals surface area contributed by atoms with Crippen molar-refractivity contribution < 1.29 is 28.9 Å². The van der Waals surface area contributed by atoms with E-state index in [1.54, 1.807) is 12.1 Å². The number of benzene rings is 2. The maximum Gasteiger partial charge on any atom is 0.406 e. The Labute approximate surface area is 236 Å². The molecule has 3 rings (SSSR count). The number of aryl methyl sites for hydroxylation is 1. The van der Waals surface area contributed by atoms with Crippen LogP contribution in [0.2, 0.25) is 0 Å². The largest absolute Gasteiger partial charge is 0.453 e. The van der Waals surface area contributed by atoms with Crippen LogP contribution in [0.25, 0.3) is 11.1 Å². The zero-order chi connectivity index (χ0) is 29.0. The molecule has 4 N–H and O–H groups in total. The molecule has 0 aliphatic carbocycles. The molecule has 40 heavy (non-hydrogen) atoms. The molecule has 220 valence electrons. The zero-order valence-corrected chi connectivity index (χ0v) is 23.8. The van der Waals surface area contributed by atoms with Crippen molar-refractivity contribution in [3.05, 3.63) is 59.4 Å². The van der Waals surface area contributed by atoms with Gasteiger partial charge in [-0.25, -0.2) is 9.18 Å². The van der Waals surface area contributed by atoms with Crippen LogP contribution in [0.3, 0.4) is 0 Å². The van der Waals surface area contributed by atoms with E-state index in [1.807, 2.05) is 36.1 Å². The van der Waals surface area contributed by atoms with Gasteiger partial charge in [0.05, 0.1) is 19.3 Å². The number of carbonyl (C=O) groups excluding carboxylic acids is 2. The lowest BCUT2D eigenvalue weighted by molar-refractivity contribution is -0.136. The van der Waals surface area contributed by atoms with Crippen molar-refractivity contribution in [1.82, 2.24) is 15.5 Å². The Bertz CT molecular complexity index is 1110. The Morgan fingerprint density at radius 1 is 1.15 bits per heavy atom. The van der Waals surface area contributed by atoms with Gasteiger partial charge < -0.3 is 30.5 Å². The topological polar surface area (TPSA) is 111 Å². The Morgan fingerprint density at radius 3 is 2.70 bits per heavy atom. The fourth-order valence-electron chi connectivity index (χ4n) is 5.62. The molecule has 0 radical (unpaired) electrons. The first-order valence-electron chi connectivity index (χ1n) is 14.4. The SMILES string of the molecule is CCc1cccc(-c2c(F)cccc2[C@](O)(CCCNC(=O)OC)[C@@H]2CCCN(C(=O)CCCNCCO)C2)c1. The summed E-state index contributed by atoms with van der Waals surface area (Å²) in [6.07, 6.45) is 3.43. The molecular formula is C31H44FN3O5. The average Bonchev–Trinajstić information content (AvgIpc) is 2.98. The van der Waals surface area contributed by atoms with E-state index in [4.69, 9.17) is 5.11 Å². The number of amides is 2. The van der Waals surface area contributed by atoms with E-state index in [9.17, 15) is 14.7 Å². The van der Waals surface area contributed by atoms with Gasteiger partial charge >= 0.3 is 6.09 Å². The second-order valence-corrected chi connectivity index (χ2v) is 10.4. The van der Waals surface area contributed by atoms with Gasteiger partial charge in [0, 0.05) is 44.1 Å². The first-order chi connectivity index (χ1) is 19.3. The second kappa shape index (κ2) is 15.7. The number of aliphatic hydroxyl groups is 2. The lowest BCUT2D eigenvalue weighted by atomic mass is 9.72. The molecule has 1 saturated heterocycles. The van der Waals surface area contributed by atoms with Crippen LogP contribution in [0, 0.1) is 11.7 Å². The minimum Gasteiger partial charge on any atom is -0.453 e. The van der Waals surface area contributed by atoms with E-state index in [2.05, 4.69) is 15.4 Å². The highest BCUT2D eigenvalue weighted by Crippen LogP contribution is 2.44. The van der Waals surface area contributed by atoms with Gasteiger partial charge in [-0.05, 0) is 67.8 Å². The number of ether oxygens (including phenoxy) is 1. The van der Waals surface area contributed by atoms with Crippen molar-refractivity contribution in [3.8, 4) is 11.1 Å². The molecule has 2 atom stereocenters. The third-order valence-corrected chi connectivity index (χ3v) is 7.78. The van der Waals surface area contributed by atoms with Gasteiger partial charge in [0.15, 0.2) is 0 Å². The summed E-state index contributed by atoms with van der Waals surface area (Å²) in [6.45, 7) is 4.52. The van der Waals surface area contributed by atoms with Gasteiger partial charge in [0.1, 0.15) is 5.82 Å². The number of piperidine rings is 1. The molecule has 1 aliphatic heterocycles. The quantitative estimate of drug-likeness (QED) is 0.262. The van der Waals surface area contributed by atoms with Crippen molar-refractivity contribution in [1.29, 1.82) is 0 Å². The number of rotatable bonds is 14. The minimum atomic E-state index is -1.43. The third-order valence-electron chi connectivity index (χ3n) is 7.78. The number of nitrogens with one attached hydrogen (secondary N) is 2. The normalized spacial score (nSPS) is 16.8. The van der Waals surface area contributed by atoms with Crippen LogP contribution in [0.4, 0.5) is 9.18 Å². The maximum absolute atomic E-state index is 15.6. The van der Waals surface area contributed by atoms with Crippen LogP contribution in [0.15, 0.2) is 42.5 Å². The molecule has 0 saturated carbocycles. The number of halogens is 1. The molecule has 9 heteroatoms. The van der Waals surface area contributed by atoms with Crippen molar-refractivity contribution in [2.75, 3.05) is 46.4 Å². The van der Waals surface area contributed by atoms with Crippen LogP contribution < -0.4 is 10.6 Å². The molecule has 0 bridgehead atoms. The monoisotopic (exact) mass is 557 g/mol. The van der Waals surface area contributed by atoms with E-state index in [0.29, 0.717) is 75.1 Å². The number of hydrogen-bond acceptors (Lipinski definition) is 6. The van der Waals surface area contributed by atoms with Gasteiger partial charge in [-0.1, -0.05) is 43.3 Å². The Kier molecular flexibility index (Phi) is 12.4. The van der Waals surface area contributed by atoms with Gasteiger partial charge in [0.25, 0.3) is 0 Å². The summed E-state index contributed by atoms with van der Waals surface area (Å²) in [6, 6.07) is 12.6. The lowest BCUT2D eigenvalue weighted by Crippen LogP contribution is -2.48. The van der Waals surface area contributed by atoms with Crippen LogP contribution in [-0.2, 0) is 21.6 Å². The molecule has 1 aliphatic rings. The molecule has 2 amide bonds. The number of hydrogen-bond donors (Lipinski definition) is 4. The van der Waals surface area contributed by atoms with Crippen molar-refractivity contribution in [3.63, 3.8) is 0 Å². The number of aliphatic hydroxyl groups excluding tert-OH is 1. The summed E-state index contributed by atoms with van der Waals surface area (Å²) in [5, 5.41) is 27.2.